The molecule has 3 rings (SSSR count). The molecule has 0 saturated heterocycles. The summed E-state index contributed by atoms with van der Waals surface area (Å²) < 4.78 is 39.6. The van der Waals surface area contributed by atoms with Gasteiger partial charge in [-0.3, -0.25) is 4.72 Å². The Labute approximate surface area is 243 Å². The number of carbonyl (C=O) groups is 2. The number of nitrogens with zero attached hydrogens (tertiary/aromatic N) is 2. The van der Waals surface area contributed by atoms with Crippen LogP contribution in [-0.2, 0) is 27.8 Å². The van der Waals surface area contributed by atoms with Crippen molar-refractivity contribution in [2.45, 2.75) is 39.7 Å². The topological polar surface area (TPSA) is 105 Å². The van der Waals surface area contributed by atoms with E-state index < -0.39 is 28.0 Å². The van der Waals surface area contributed by atoms with Crippen molar-refractivity contribution in [3.05, 3.63) is 96.1 Å². The first-order chi connectivity index (χ1) is 19.7. The summed E-state index contributed by atoms with van der Waals surface area (Å²) in [5.41, 5.74) is 2.18. The molecule has 41 heavy (non-hydrogen) atoms. The van der Waals surface area contributed by atoms with E-state index in [2.05, 4.69) is 4.72 Å². The van der Waals surface area contributed by atoms with Crippen LogP contribution in [0.3, 0.4) is 0 Å². The monoisotopic (exact) mass is 581 g/mol. The molecular formula is C31H39N3O6S. The number of benzene rings is 3. The van der Waals surface area contributed by atoms with Gasteiger partial charge in [0.15, 0.2) is 0 Å². The second-order valence-corrected chi connectivity index (χ2v) is 11.6. The number of rotatable bonds is 14. The SMILES string of the molecule is CCC(C)CN(C(=O)OCc1ccccc1)C(=O)N(CCCc1ccccc1)CS(=O)(=O)Nc1ccc(OC)cc1. The molecular weight excluding hydrogens is 542 g/mol. The first kappa shape index (κ1) is 31.5. The van der Waals surface area contributed by atoms with E-state index in [-0.39, 0.29) is 25.6 Å². The maximum absolute atomic E-state index is 13.8. The van der Waals surface area contributed by atoms with Crippen LogP contribution in [0, 0.1) is 5.92 Å². The predicted molar refractivity (Wildman–Crippen MR) is 160 cm³/mol. The van der Waals surface area contributed by atoms with Gasteiger partial charge in [-0.25, -0.2) is 22.9 Å². The molecule has 0 radical (unpaired) electrons. The normalized spacial score (nSPS) is 11.8. The van der Waals surface area contributed by atoms with Crippen LogP contribution in [0.5, 0.6) is 5.75 Å². The lowest BCUT2D eigenvalue weighted by Gasteiger charge is -2.30. The Bertz CT molecular complexity index is 1340. The van der Waals surface area contributed by atoms with E-state index in [1.54, 1.807) is 24.3 Å². The first-order valence-electron chi connectivity index (χ1n) is 13.7. The van der Waals surface area contributed by atoms with E-state index in [4.69, 9.17) is 9.47 Å². The summed E-state index contributed by atoms with van der Waals surface area (Å²) in [4.78, 5) is 29.3. The third-order valence-electron chi connectivity index (χ3n) is 6.54. The number of carbonyl (C=O) groups excluding carboxylic acids is 2. The molecule has 0 heterocycles. The van der Waals surface area contributed by atoms with Gasteiger partial charge in [-0.2, -0.15) is 0 Å². The third kappa shape index (κ3) is 10.5. The lowest BCUT2D eigenvalue weighted by atomic mass is 10.1. The standard InChI is InChI=1S/C31H39N3O6S/c1-4-25(2)22-34(31(36)40-23-27-14-9-6-10-15-27)30(35)33(21-11-16-26-12-7-5-8-13-26)24-41(37,38)32-28-17-19-29(39-3)20-18-28/h5-10,12-15,17-20,25,32H,4,11,16,21-24H2,1-3H3. The highest BCUT2D eigenvalue weighted by Crippen LogP contribution is 2.18. The van der Waals surface area contributed by atoms with E-state index in [0.29, 0.717) is 24.3 Å². The third-order valence-corrected chi connectivity index (χ3v) is 7.74. The number of hydrogen-bond donors (Lipinski definition) is 1. The Morgan fingerprint density at radius 1 is 0.902 bits per heavy atom. The Balaban J connectivity index is 1.80. The summed E-state index contributed by atoms with van der Waals surface area (Å²) in [6.45, 7) is 4.11. The molecule has 9 nitrogen and oxygen atoms in total. The minimum Gasteiger partial charge on any atom is -0.497 e. The molecule has 0 fully saturated rings. The van der Waals surface area contributed by atoms with Gasteiger partial charge < -0.3 is 14.4 Å². The smallest absolute Gasteiger partial charge is 0.418 e. The number of aryl methyl sites for hydroxylation is 1. The lowest BCUT2D eigenvalue weighted by molar-refractivity contribution is 0.0901. The van der Waals surface area contributed by atoms with E-state index in [0.717, 1.165) is 22.4 Å². The van der Waals surface area contributed by atoms with E-state index in [1.807, 2.05) is 74.5 Å². The van der Waals surface area contributed by atoms with Gasteiger partial charge in [0.05, 0.1) is 7.11 Å². The molecule has 3 aromatic carbocycles. The van der Waals surface area contributed by atoms with Crippen LogP contribution in [0.2, 0.25) is 0 Å². The fourth-order valence-electron chi connectivity index (χ4n) is 4.05. The Morgan fingerprint density at radius 3 is 2.10 bits per heavy atom. The van der Waals surface area contributed by atoms with Gasteiger partial charge in [0, 0.05) is 18.8 Å². The summed E-state index contributed by atoms with van der Waals surface area (Å²) in [6.07, 6.45) is 1.05. The largest absolute Gasteiger partial charge is 0.497 e. The number of hydrogen-bond acceptors (Lipinski definition) is 6. The minimum atomic E-state index is -4.01. The van der Waals surface area contributed by atoms with Gasteiger partial charge in [0.1, 0.15) is 18.2 Å². The molecule has 0 aliphatic heterocycles. The maximum atomic E-state index is 13.8. The summed E-state index contributed by atoms with van der Waals surface area (Å²) in [6, 6.07) is 24.6. The zero-order chi connectivity index (χ0) is 29.7. The van der Waals surface area contributed by atoms with Crippen molar-refractivity contribution in [1.82, 2.24) is 9.80 Å². The van der Waals surface area contributed by atoms with Gasteiger partial charge in [0.2, 0.25) is 0 Å². The second-order valence-electron chi connectivity index (χ2n) is 9.87. The highest BCUT2D eigenvalue weighted by molar-refractivity contribution is 7.92. The van der Waals surface area contributed by atoms with Crippen molar-refractivity contribution in [2.24, 2.45) is 5.92 Å². The van der Waals surface area contributed by atoms with Gasteiger partial charge in [-0.05, 0) is 54.2 Å². The number of sulfonamides is 1. The minimum absolute atomic E-state index is 0.00467. The quantitative estimate of drug-likeness (QED) is 0.245. The molecule has 0 aliphatic carbocycles. The molecule has 220 valence electrons. The van der Waals surface area contributed by atoms with Gasteiger partial charge in [-0.15, -0.1) is 0 Å². The Hall–Kier alpha value is -4.05. The Morgan fingerprint density at radius 2 is 1.51 bits per heavy atom. The number of nitrogens with one attached hydrogen (secondary N) is 1. The molecule has 1 atom stereocenters. The molecule has 1 N–H and O–H groups in total. The van der Waals surface area contributed by atoms with Crippen LogP contribution in [-0.4, -0.2) is 56.4 Å². The van der Waals surface area contributed by atoms with Crippen LogP contribution in [0.1, 0.15) is 37.8 Å². The van der Waals surface area contributed by atoms with Crippen LogP contribution in [0.25, 0.3) is 0 Å². The number of urea groups is 1. The molecule has 0 bridgehead atoms. The van der Waals surface area contributed by atoms with Crippen LogP contribution < -0.4 is 9.46 Å². The maximum Gasteiger partial charge on any atom is 0.418 e. The summed E-state index contributed by atoms with van der Waals surface area (Å²) in [5.74, 6) is -0.0564. The number of imide groups is 1. The van der Waals surface area contributed by atoms with Gasteiger partial charge in [-0.1, -0.05) is 80.9 Å². The van der Waals surface area contributed by atoms with Crippen LogP contribution >= 0.6 is 0 Å². The molecule has 3 amide bonds. The highest BCUT2D eigenvalue weighted by atomic mass is 32.2. The van der Waals surface area contributed by atoms with Crippen molar-refractivity contribution in [3.63, 3.8) is 0 Å². The first-order valence-corrected chi connectivity index (χ1v) is 15.3. The molecule has 0 aliphatic rings. The number of methoxy groups -OCH3 is 1. The Kier molecular flexibility index (Phi) is 12.0. The van der Waals surface area contributed by atoms with Gasteiger partial charge >= 0.3 is 12.1 Å². The molecule has 1 unspecified atom stereocenters. The highest BCUT2D eigenvalue weighted by Gasteiger charge is 2.31. The van der Waals surface area contributed by atoms with Crippen molar-refractivity contribution in [2.75, 3.05) is 30.8 Å². The average molecular weight is 582 g/mol. The van der Waals surface area contributed by atoms with E-state index in [1.165, 1.54) is 12.0 Å². The average Bonchev–Trinajstić information content (AvgIpc) is 2.98. The number of ether oxygens (including phenoxy) is 2. The fourth-order valence-corrected chi connectivity index (χ4v) is 5.26. The van der Waals surface area contributed by atoms with Crippen molar-refractivity contribution in [3.8, 4) is 5.75 Å². The van der Waals surface area contributed by atoms with E-state index in [9.17, 15) is 18.0 Å². The molecule has 0 aromatic heterocycles. The molecule has 0 spiro atoms. The van der Waals surface area contributed by atoms with Crippen LogP contribution in [0.4, 0.5) is 15.3 Å². The van der Waals surface area contributed by atoms with Crippen LogP contribution in [0.15, 0.2) is 84.9 Å². The fraction of sp³-hybridized carbons (Fsp3) is 0.355. The zero-order valence-corrected chi connectivity index (χ0v) is 24.7. The lowest BCUT2D eigenvalue weighted by Crippen LogP contribution is -2.50. The summed E-state index contributed by atoms with van der Waals surface area (Å²) in [5, 5.41) is 0. The second kappa shape index (κ2) is 15.7. The summed E-state index contributed by atoms with van der Waals surface area (Å²) >= 11 is 0. The van der Waals surface area contributed by atoms with Crippen molar-refractivity contribution < 1.29 is 27.5 Å². The van der Waals surface area contributed by atoms with Crippen molar-refractivity contribution in [1.29, 1.82) is 0 Å². The van der Waals surface area contributed by atoms with Gasteiger partial charge in [0.25, 0.3) is 10.0 Å². The molecule has 0 saturated carbocycles. The molecule has 10 heteroatoms. The zero-order valence-electron chi connectivity index (χ0n) is 23.9. The number of amides is 3. The van der Waals surface area contributed by atoms with E-state index >= 15 is 0 Å². The van der Waals surface area contributed by atoms with Crippen molar-refractivity contribution >= 4 is 27.8 Å². The predicted octanol–water partition coefficient (Wildman–Crippen LogP) is 6.13. The molecule has 3 aromatic rings. The summed E-state index contributed by atoms with van der Waals surface area (Å²) in [7, 11) is -2.48. The number of anilines is 1.